The number of methoxy groups -OCH3 is 1. The summed E-state index contributed by atoms with van der Waals surface area (Å²) in [5, 5.41) is 12.9. The van der Waals surface area contributed by atoms with Gasteiger partial charge in [-0.2, -0.15) is 0 Å². The average Bonchev–Trinajstić information content (AvgIpc) is 2.85. The van der Waals surface area contributed by atoms with Crippen LogP contribution in [0.25, 0.3) is 0 Å². The molecule has 3 rings (SSSR count). The van der Waals surface area contributed by atoms with E-state index in [0.29, 0.717) is 19.4 Å². The minimum atomic E-state index is -0.856. The summed E-state index contributed by atoms with van der Waals surface area (Å²) in [5.41, 5.74) is 0.999. The van der Waals surface area contributed by atoms with Crippen molar-refractivity contribution >= 4 is 11.9 Å². The minimum absolute atomic E-state index is 0.129. The number of hydrogen-bond donors (Lipinski definition) is 2. The molecule has 8 heteroatoms. The zero-order valence-corrected chi connectivity index (χ0v) is 19.3. The molecule has 0 radical (unpaired) electrons. The van der Waals surface area contributed by atoms with E-state index >= 15 is 0 Å². The fraction of sp³-hybridized carbons (Fsp3) is 0.480. The van der Waals surface area contributed by atoms with E-state index in [-0.39, 0.29) is 29.2 Å². The van der Waals surface area contributed by atoms with Crippen LogP contribution in [0.4, 0.5) is 0 Å². The number of cyclic esters (lactones) is 1. The molecule has 8 nitrogen and oxygen atoms in total. The van der Waals surface area contributed by atoms with Crippen molar-refractivity contribution in [2.24, 2.45) is 5.92 Å². The Hall–Kier alpha value is -3.13. The van der Waals surface area contributed by atoms with Crippen molar-refractivity contribution in [2.75, 3.05) is 13.7 Å². The molecule has 1 amide bonds. The van der Waals surface area contributed by atoms with Gasteiger partial charge in [-0.3, -0.25) is 4.79 Å². The average molecular weight is 457 g/mol. The fourth-order valence-corrected chi connectivity index (χ4v) is 4.31. The topological polar surface area (TPSA) is 107 Å². The van der Waals surface area contributed by atoms with Gasteiger partial charge in [0.25, 0.3) is 5.91 Å². The summed E-state index contributed by atoms with van der Waals surface area (Å²) in [5.74, 6) is -1.27. The van der Waals surface area contributed by atoms with Crippen LogP contribution in [-0.2, 0) is 20.7 Å². The van der Waals surface area contributed by atoms with Gasteiger partial charge in [0.05, 0.1) is 13.2 Å². The second-order valence-corrected chi connectivity index (χ2v) is 8.18. The van der Waals surface area contributed by atoms with Crippen LogP contribution in [0.15, 0.2) is 42.6 Å². The summed E-state index contributed by atoms with van der Waals surface area (Å²) in [6, 6.07) is 10.8. The van der Waals surface area contributed by atoms with Crippen LogP contribution in [0, 0.1) is 5.92 Å². The first kappa shape index (κ1) is 24.5. The molecular formula is C25H32N2O6. The van der Waals surface area contributed by atoms with Crippen LogP contribution in [0.3, 0.4) is 0 Å². The normalized spacial score (nSPS) is 23.5. The van der Waals surface area contributed by atoms with Gasteiger partial charge < -0.3 is 24.6 Å². The van der Waals surface area contributed by atoms with Crippen molar-refractivity contribution in [3.63, 3.8) is 0 Å². The smallest absolute Gasteiger partial charge is 0.329 e. The first-order valence-corrected chi connectivity index (χ1v) is 11.3. The predicted octanol–water partition coefficient (Wildman–Crippen LogP) is 3.27. The molecule has 1 saturated heterocycles. The number of nitrogens with one attached hydrogen (secondary N) is 1. The van der Waals surface area contributed by atoms with E-state index in [0.717, 1.165) is 12.8 Å². The quantitative estimate of drug-likeness (QED) is 0.616. The number of rotatable bonds is 7. The summed E-state index contributed by atoms with van der Waals surface area (Å²) in [4.78, 5) is 29.6. The summed E-state index contributed by atoms with van der Waals surface area (Å²) in [6.45, 7) is 4.27. The van der Waals surface area contributed by atoms with Gasteiger partial charge in [0, 0.05) is 18.9 Å². The third-order valence-electron chi connectivity index (χ3n) is 5.91. The van der Waals surface area contributed by atoms with Gasteiger partial charge in [-0.15, -0.1) is 0 Å². The van der Waals surface area contributed by atoms with E-state index < -0.39 is 24.0 Å². The Bertz CT molecular complexity index is 936. The molecule has 0 spiro atoms. The van der Waals surface area contributed by atoms with E-state index in [1.165, 1.54) is 24.9 Å². The molecule has 1 aromatic carbocycles. The van der Waals surface area contributed by atoms with Crippen LogP contribution in [0.5, 0.6) is 11.5 Å². The van der Waals surface area contributed by atoms with E-state index in [1.807, 2.05) is 32.0 Å². The van der Waals surface area contributed by atoms with Gasteiger partial charge in [-0.25, -0.2) is 9.78 Å². The second-order valence-electron chi connectivity index (χ2n) is 8.18. The van der Waals surface area contributed by atoms with Crippen molar-refractivity contribution in [3.05, 3.63) is 53.9 Å². The molecule has 0 aliphatic carbocycles. The molecular weight excluding hydrogens is 424 g/mol. The molecule has 2 aromatic rings. The molecule has 1 fully saturated rings. The Kier molecular flexibility index (Phi) is 8.65. The zero-order valence-electron chi connectivity index (χ0n) is 19.3. The molecule has 0 saturated carbocycles. The molecule has 1 aliphatic rings. The first-order valence-electron chi connectivity index (χ1n) is 11.3. The molecule has 0 unspecified atom stereocenters. The largest absolute Gasteiger partial charge is 0.503 e. The Morgan fingerprint density at radius 2 is 2.00 bits per heavy atom. The summed E-state index contributed by atoms with van der Waals surface area (Å²) in [6.07, 6.45) is 3.36. The van der Waals surface area contributed by atoms with Crippen molar-refractivity contribution in [3.8, 4) is 11.5 Å². The highest BCUT2D eigenvalue weighted by Crippen LogP contribution is 2.29. The molecule has 1 aliphatic heterocycles. The highest BCUT2D eigenvalue weighted by atomic mass is 16.6. The van der Waals surface area contributed by atoms with Gasteiger partial charge in [0.2, 0.25) is 0 Å². The van der Waals surface area contributed by atoms with E-state index in [4.69, 9.17) is 14.2 Å². The number of aromatic hydroxyl groups is 1. The van der Waals surface area contributed by atoms with Gasteiger partial charge in [0.1, 0.15) is 12.1 Å². The monoisotopic (exact) mass is 456 g/mol. The number of hydrogen-bond acceptors (Lipinski definition) is 7. The number of pyridine rings is 1. The first-order chi connectivity index (χ1) is 15.9. The van der Waals surface area contributed by atoms with Gasteiger partial charge in [-0.1, -0.05) is 36.8 Å². The van der Waals surface area contributed by atoms with Crippen LogP contribution < -0.4 is 10.1 Å². The Balaban J connectivity index is 1.76. The summed E-state index contributed by atoms with van der Waals surface area (Å²) < 4.78 is 16.8. The number of amides is 1. The summed E-state index contributed by atoms with van der Waals surface area (Å²) >= 11 is 0. The van der Waals surface area contributed by atoms with Crippen molar-refractivity contribution in [1.82, 2.24) is 10.3 Å². The van der Waals surface area contributed by atoms with Crippen molar-refractivity contribution < 1.29 is 28.9 Å². The highest BCUT2D eigenvalue weighted by Gasteiger charge is 2.35. The maximum atomic E-state index is 12.9. The number of carbonyl (C=O) groups excluding carboxylic acids is 2. The third-order valence-corrected chi connectivity index (χ3v) is 5.91. The summed E-state index contributed by atoms with van der Waals surface area (Å²) in [7, 11) is 1.38. The minimum Gasteiger partial charge on any atom is -0.503 e. The zero-order chi connectivity index (χ0) is 23.8. The van der Waals surface area contributed by atoms with Crippen LogP contribution in [0.1, 0.15) is 49.2 Å². The molecule has 178 valence electrons. The lowest BCUT2D eigenvalue weighted by Crippen LogP contribution is -2.44. The predicted molar refractivity (Wildman–Crippen MR) is 122 cm³/mol. The van der Waals surface area contributed by atoms with Crippen LogP contribution in [0.2, 0.25) is 0 Å². The number of nitrogens with zero attached hydrogens (tertiary/aromatic N) is 1. The number of esters is 1. The molecule has 1 aromatic heterocycles. The molecule has 4 atom stereocenters. The molecule has 2 heterocycles. The van der Waals surface area contributed by atoms with Gasteiger partial charge in [0.15, 0.2) is 17.2 Å². The molecule has 0 bridgehead atoms. The van der Waals surface area contributed by atoms with Crippen molar-refractivity contribution in [1.29, 1.82) is 0 Å². The number of carbonyl (C=O) groups is 2. The van der Waals surface area contributed by atoms with E-state index in [2.05, 4.69) is 22.4 Å². The number of aromatic nitrogens is 1. The highest BCUT2D eigenvalue weighted by molar-refractivity contribution is 5.97. The standard InChI is InChI=1S/C25H32N2O6/c1-4-32-23-16(2)33-25(30)19(12-8-11-18(23)15-17-9-6-5-7-10-17)27-24(29)21-22(28)20(31-3)13-14-26-21/h5-7,9-10,13-14,16,18-19,23,28H,4,8,11-12,15H2,1-3H3,(H,27,29)/t16-,18+,19-,23-/m0/s1. The number of benzene rings is 1. The van der Waals surface area contributed by atoms with Crippen LogP contribution >= 0.6 is 0 Å². The van der Waals surface area contributed by atoms with Gasteiger partial charge in [-0.05, 0) is 44.6 Å². The maximum absolute atomic E-state index is 12.9. The lowest BCUT2D eigenvalue weighted by Gasteiger charge is -2.31. The Labute approximate surface area is 194 Å². The Morgan fingerprint density at radius 1 is 1.24 bits per heavy atom. The molecule has 33 heavy (non-hydrogen) atoms. The Morgan fingerprint density at radius 3 is 2.70 bits per heavy atom. The van der Waals surface area contributed by atoms with E-state index in [9.17, 15) is 14.7 Å². The lowest BCUT2D eigenvalue weighted by molar-refractivity contribution is -0.160. The fourth-order valence-electron chi connectivity index (χ4n) is 4.31. The second kappa shape index (κ2) is 11.7. The van der Waals surface area contributed by atoms with Crippen LogP contribution in [-0.4, -0.2) is 53.9 Å². The third kappa shape index (κ3) is 6.22. The maximum Gasteiger partial charge on any atom is 0.329 e. The SMILES string of the molecule is CCO[C@@H]1[C@@H](Cc2ccccc2)CCC[C@H](NC(=O)c2nccc(OC)c2O)C(=O)O[C@H]1C. The van der Waals surface area contributed by atoms with E-state index in [1.54, 1.807) is 0 Å². The number of ether oxygens (including phenoxy) is 3. The lowest BCUT2D eigenvalue weighted by atomic mass is 9.87. The van der Waals surface area contributed by atoms with Crippen molar-refractivity contribution in [2.45, 2.75) is 57.8 Å². The molecule has 2 N–H and O–H groups in total. The van der Waals surface area contributed by atoms with Gasteiger partial charge >= 0.3 is 5.97 Å².